The van der Waals surface area contributed by atoms with E-state index in [9.17, 15) is 4.79 Å². The number of aromatic nitrogens is 4. The molecule has 1 fully saturated rings. The molecule has 7 nitrogen and oxygen atoms in total. The molecule has 1 aliphatic rings. The van der Waals surface area contributed by atoms with Gasteiger partial charge in [0.1, 0.15) is 11.5 Å². The first-order valence-corrected chi connectivity index (χ1v) is 9.48. The van der Waals surface area contributed by atoms with Crippen molar-refractivity contribution < 1.29 is 9.32 Å². The molecular weight excluding hydrogens is 350 g/mol. The van der Waals surface area contributed by atoms with Crippen molar-refractivity contribution in [3.05, 3.63) is 46.1 Å². The summed E-state index contributed by atoms with van der Waals surface area (Å²) >= 11 is 1.44. The van der Waals surface area contributed by atoms with Gasteiger partial charge in [-0.2, -0.15) is 0 Å². The lowest BCUT2D eigenvalue weighted by Gasteiger charge is -2.15. The number of thiazole rings is 1. The number of hydrogen-bond acceptors (Lipinski definition) is 7. The van der Waals surface area contributed by atoms with E-state index in [1.165, 1.54) is 11.3 Å². The van der Waals surface area contributed by atoms with Gasteiger partial charge in [0.05, 0.1) is 28.2 Å². The highest BCUT2D eigenvalue weighted by molar-refractivity contribution is 7.07. The summed E-state index contributed by atoms with van der Waals surface area (Å²) in [6.45, 7) is 5.27. The fourth-order valence-electron chi connectivity index (χ4n) is 3.48. The molecule has 26 heavy (non-hydrogen) atoms. The number of rotatable bonds is 4. The van der Waals surface area contributed by atoms with Crippen LogP contribution in [0.5, 0.6) is 0 Å². The summed E-state index contributed by atoms with van der Waals surface area (Å²) in [4.78, 5) is 27.6. The number of amides is 1. The van der Waals surface area contributed by atoms with E-state index < -0.39 is 0 Å². The highest BCUT2D eigenvalue weighted by atomic mass is 32.1. The van der Waals surface area contributed by atoms with Gasteiger partial charge in [0.2, 0.25) is 0 Å². The minimum atomic E-state index is 0.0128. The van der Waals surface area contributed by atoms with Crippen molar-refractivity contribution in [2.75, 3.05) is 13.1 Å². The van der Waals surface area contributed by atoms with Crippen molar-refractivity contribution in [1.29, 1.82) is 0 Å². The first kappa shape index (κ1) is 16.8. The molecule has 4 heterocycles. The van der Waals surface area contributed by atoms with Gasteiger partial charge in [-0.3, -0.25) is 14.8 Å². The standard InChI is InChI=1S/C18H19N5O2S/c1-11-16(12(2)25-22-11)17-14(19-4-5-20-17)7-13-3-6-23(8-13)18(24)15-9-26-10-21-15/h4-5,9-10,13H,3,6-8H2,1-2H3/t13-/m1/s1. The highest BCUT2D eigenvalue weighted by Gasteiger charge is 2.29. The predicted octanol–water partition coefficient (Wildman–Crippen LogP) is 2.91. The molecule has 0 aromatic carbocycles. The fourth-order valence-corrected chi connectivity index (χ4v) is 4.01. The maximum atomic E-state index is 12.5. The van der Waals surface area contributed by atoms with Crippen LogP contribution in [0.3, 0.4) is 0 Å². The lowest BCUT2D eigenvalue weighted by molar-refractivity contribution is 0.0782. The Morgan fingerprint density at radius 3 is 2.88 bits per heavy atom. The zero-order valence-electron chi connectivity index (χ0n) is 14.7. The molecule has 1 amide bonds. The SMILES string of the molecule is Cc1noc(C)c1-c1nccnc1C[C@H]1CCN(C(=O)c2cscn2)C1. The Labute approximate surface area is 155 Å². The van der Waals surface area contributed by atoms with Crippen LogP contribution in [0.2, 0.25) is 0 Å². The summed E-state index contributed by atoms with van der Waals surface area (Å²) in [5, 5.41) is 5.83. The molecule has 3 aromatic heterocycles. The number of aryl methyl sites for hydroxylation is 2. The predicted molar refractivity (Wildman–Crippen MR) is 96.8 cm³/mol. The van der Waals surface area contributed by atoms with Gasteiger partial charge in [-0.1, -0.05) is 5.16 Å². The van der Waals surface area contributed by atoms with E-state index in [0.29, 0.717) is 18.2 Å². The second-order valence-corrected chi connectivity index (χ2v) is 7.25. The smallest absolute Gasteiger partial charge is 0.273 e. The summed E-state index contributed by atoms with van der Waals surface area (Å²) < 4.78 is 5.29. The quantitative estimate of drug-likeness (QED) is 0.703. The molecule has 0 N–H and O–H groups in total. The molecule has 0 radical (unpaired) electrons. The van der Waals surface area contributed by atoms with Crippen LogP contribution in [0.1, 0.15) is 34.1 Å². The summed E-state index contributed by atoms with van der Waals surface area (Å²) in [5.74, 6) is 1.11. The Bertz CT molecular complexity index is 902. The molecule has 1 atom stereocenters. The molecular formula is C18H19N5O2S. The third-order valence-electron chi connectivity index (χ3n) is 4.75. The second-order valence-electron chi connectivity index (χ2n) is 6.53. The average Bonchev–Trinajstić information content (AvgIpc) is 3.38. The van der Waals surface area contributed by atoms with Gasteiger partial charge in [0, 0.05) is 30.9 Å². The maximum Gasteiger partial charge on any atom is 0.273 e. The molecule has 4 rings (SSSR count). The van der Waals surface area contributed by atoms with Crippen LogP contribution in [-0.2, 0) is 6.42 Å². The Kier molecular flexibility index (Phi) is 4.50. The van der Waals surface area contributed by atoms with Crippen molar-refractivity contribution in [2.24, 2.45) is 5.92 Å². The van der Waals surface area contributed by atoms with Gasteiger partial charge >= 0.3 is 0 Å². The van der Waals surface area contributed by atoms with Crippen molar-refractivity contribution >= 4 is 17.2 Å². The Morgan fingerprint density at radius 2 is 2.15 bits per heavy atom. The topological polar surface area (TPSA) is 85.0 Å². The molecule has 0 saturated carbocycles. The largest absolute Gasteiger partial charge is 0.361 e. The van der Waals surface area contributed by atoms with E-state index in [4.69, 9.17) is 4.52 Å². The molecule has 1 saturated heterocycles. The molecule has 0 unspecified atom stereocenters. The molecule has 0 spiro atoms. The van der Waals surface area contributed by atoms with Crippen molar-refractivity contribution in [3.63, 3.8) is 0 Å². The molecule has 134 valence electrons. The first-order chi connectivity index (χ1) is 12.6. The van der Waals surface area contributed by atoms with Crippen LogP contribution in [0.25, 0.3) is 11.3 Å². The van der Waals surface area contributed by atoms with Gasteiger partial charge in [-0.05, 0) is 32.6 Å². The summed E-state index contributed by atoms with van der Waals surface area (Å²) in [5.41, 5.74) is 5.71. The summed E-state index contributed by atoms with van der Waals surface area (Å²) in [6, 6.07) is 0. The van der Waals surface area contributed by atoms with Crippen LogP contribution in [0.15, 0.2) is 27.8 Å². The zero-order chi connectivity index (χ0) is 18.1. The van der Waals surface area contributed by atoms with E-state index in [1.807, 2.05) is 18.7 Å². The van der Waals surface area contributed by atoms with Crippen LogP contribution in [0.4, 0.5) is 0 Å². The fraction of sp³-hybridized carbons (Fsp3) is 0.389. The number of nitrogens with zero attached hydrogens (tertiary/aromatic N) is 5. The van der Waals surface area contributed by atoms with Crippen LogP contribution in [0, 0.1) is 19.8 Å². The van der Waals surface area contributed by atoms with Crippen LogP contribution < -0.4 is 0 Å². The Balaban J connectivity index is 1.52. The molecule has 3 aromatic rings. The normalized spacial score (nSPS) is 17.0. The third-order valence-corrected chi connectivity index (χ3v) is 5.34. The first-order valence-electron chi connectivity index (χ1n) is 8.54. The average molecular weight is 369 g/mol. The van der Waals surface area contributed by atoms with Crippen molar-refractivity contribution in [3.8, 4) is 11.3 Å². The van der Waals surface area contributed by atoms with E-state index in [0.717, 1.165) is 47.8 Å². The summed E-state index contributed by atoms with van der Waals surface area (Å²) in [6.07, 6.45) is 5.13. The van der Waals surface area contributed by atoms with Gasteiger partial charge in [0.15, 0.2) is 0 Å². The van der Waals surface area contributed by atoms with E-state index >= 15 is 0 Å². The van der Waals surface area contributed by atoms with Gasteiger partial charge in [-0.25, -0.2) is 4.98 Å². The minimum absolute atomic E-state index is 0.0128. The third kappa shape index (κ3) is 3.12. The number of carbonyl (C=O) groups is 1. The lowest BCUT2D eigenvalue weighted by atomic mass is 9.98. The second kappa shape index (κ2) is 6.95. The number of carbonyl (C=O) groups excluding carboxylic acids is 1. The van der Waals surface area contributed by atoms with Crippen molar-refractivity contribution in [2.45, 2.75) is 26.7 Å². The van der Waals surface area contributed by atoms with E-state index in [1.54, 1.807) is 23.3 Å². The van der Waals surface area contributed by atoms with Gasteiger partial charge in [0.25, 0.3) is 5.91 Å². The molecule has 0 bridgehead atoms. The van der Waals surface area contributed by atoms with Crippen LogP contribution in [-0.4, -0.2) is 44.0 Å². The number of hydrogen-bond donors (Lipinski definition) is 0. The molecule has 1 aliphatic heterocycles. The molecule has 8 heteroatoms. The monoisotopic (exact) mass is 369 g/mol. The molecule has 0 aliphatic carbocycles. The van der Waals surface area contributed by atoms with Crippen molar-refractivity contribution in [1.82, 2.24) is 25.0 Å². The van der Waals surface area contributed by atoms with Gasteiger partial charge in [-0.15, -0.1) is 11.3 Å². The highest BCUT2D eigenvalue weighted by Crippen LogP contribution is 2.30. The van der Waals surface area contributed by atoms with Crippen LogP contribution >= 0.6 is 11.3 Å². The Morgan fingerprint density at radius 1 is 1.31 bits per heavy atom. The van der Waals surface area contributed by atoms with E-state index in [-0.39, 0.29) is 5.91 Å². The minimum Gasteiger partial charge on any atom is -0.361 e. The maximum absolute atomic E-state index is 12.5. The lowest BCUT2D eigenvalue weighted by Crippen LogP contribution is -2.29. The van der Waals surface area contributed by atoms with E-state index in [2.05, 4.69) is 20.1 Å². The van der Waals surface area contributed by atoms with Gasteiger partial charge < -0.3 is 9.42 Å². The summed E-state index contributed by atoms with van der Waals surface area (Å²) in [7, 11) is 0. The Hall–Kier alpha value is -2.61. The zero-order valence-corrected chi connectivity index (χ0v) is 15.5. The number of likely N-dealkylation sites (tertiary alicyclic amines) is 1.